The molecule has 0 spiro atoms. The Morgan fingerprint density at radius 2 is 2.29 bits per heavy atom. The molecule has 0 saturated carbocycles. The Bertz CT molecular complexity index is 268. The molecule has 0 aromatic heterocycles. The number of amides is 3. The van der Waals surface area contributed by atoms with Crippen molar-refractivity contribution in [2.24, 2.45) is 0 Å². The first kappa shape index (κ1) is 11.0. The molecule has 0 radical (unpaired) electrons. The molecule has 1 saturated heterocycles. The van der Waals surface area contributed by atoms with Gasteiger partial charge in [0.2, 0.25) is 11.8 Å². The van der Waals surface area contributed by atoms with E-state index in [4.69, 9.17) is 5.11 Å². The topological polar surface area (TPSA) is 95.5 Å². The van der Waals surface area contributed by atoms with Gasteiger partial charge in [0.25, 0.3) is 5.24 Å². The van der Waals surface area contributed by atoms with Crippen molar-refractivity contribution in [2.45, 2.75) is 11.7 Å². The van der Waals surface area contributed by atoms with E-state index in [0.717, 1.165) is 11.8 Å². The third-order valence-electron chi connectivity index (χ3n) is 1.57. The number of rotatable bonds is 4. The number of aliphatic hydroxyl groups is 1. The number of carbonyl (C=O) groups excluding carboxylic acids is 3. The quantitative estimate of drug-likeness (QED) is 0.553. The Morgan fingerprint density at radius 1 is 1.57 bits per heavy atom. The predicted octanol–water partition coefficient (Wildman–Crippen LogP) is -1.16. The molecule has 1 aliphatic rings. The number of nitrogens with one attached hydrogen (secondary N) is 2. The summed E-state index contributed by atoms with van der Waals surface area (Å²) in [4.78, 5) is 32.8. The molecular formula is C7H10N2O4S. The van der Waals surface area contributed by atoms with E-state index in [1.165, 1.54) is 0 Å². The van der Waals surface area contributed by atoms with Crippen molar-refractivity contribution >= 4 is 28.8 Å². The van der Waals surface area contributed by atoms with Crippen LogP contribution in [0.25, 0.3) is 0 Å². The second-order valence-electron chi connectivity index (χ2n) is 2.66. The van der Waals surface area contributed by atoms with Gasteiger partial charge in [-0.1, -0.05) is 11.8 Å². The highest BCUT2D eigenvalue weighted by atomic mass is 32.2. The molecule has 1 aliphatic heterocycles. The third kappa shape index (κ3) is 3.00. The van der Waals surface area contributed by atoms with E-state index in [0.29, 0.717) is 0 Å². The standard InChI is InChI=1S/C7H10N2O4S/c10-2-1-8-5(11)3-4-6(12)9-7(13)14-4/h4,10H,1-3H2,(H,8,11)(H,9,12,13). The highest BCUT2D eigenvalue weighted by Gasteiger charge is 2.32. The second-order valence-corrected chi connectivity index (χ2v) is 3.84. The zero-order valence-electron chi connectivity index (χ0n) is 7.28. The monoisotopic (exact) mass is 218 g/mol. The molecule has 1 heterocycles. The summed E-state index contributed by atoms with van der Waals surface area (Å²) in [6.45, 7) is 0.0143. The van der Waals surface area contributed by atoms with Crippen molar-refractivity contribution in [3.05, 3.63) is 0 Å². The highest BCUT2D eigenvalue weighted by Crippen LogP contribution is 2.21. The summed E-state index contributed by atoms with van der Waals surface area (Å²) >= 11 is 0.813. The van der Waals surface area contributed by atoms with Gasteiger partial charge in [-0.3, -0.25) is 19.7 Å². The number of hydrogen-bond acceptors (Lipinski definition) is 5. The van der Waals surface area contributed by atoms with Crippen molar-refractivity contribution in [3.8, 4) is 0 Å². The fourth-order valence-corrected chi connectivity index (χ4v) is 1.78. The van der Waals surface area contributed by atoms with Crippen molar-refractivity contribution in [3.63, 3.8) is 0 Å². The summed E-state index contributed by atoms with van der Waals surface area (Å²) in [7, 11) is 0. The van der Waals surface area contributed by atoms with E-state index < -0.39 is 16.4 Å². The van der Waals surface area contributed by atoms with Crippen LogP contribution in [0.15, 0.2) is 0 Å². The molecule has 3 amide bonds. The Labute approximate surface area is 84.4 Å². The number of imide groups is 1. The van der Waals surface area contributed by atoms with Gasteiger partial charge in [-0.15, -0.1) is 0 Å². The zero-order chi connectivity index (χ0) is 10.6. The predicted molar refractivity (Wildman–Crippen MR) is 49.6 cm³/mol. The maximum atomic E-state index is 11.1. The lowest BCUT2D eigenvalue weighted by atomic mass is 10.2. The highest BCUT2D eigenvalue weighted by molar-refractivity contribution is 8.15. The number of aliphatic hydroxyl groups excluding tert-OH is 1. The average molecular weight is 218 g/mol. The van der Waals surface area contributed by atoms with E-state index in [1.807, 2.05) is 0 Å². The molecule has 1 rings (SSSR count). The number of thioether (sulfide) groups is 1. The van der Waals surface area contributed by atoms with Gasteiger partial charge in [0.05, 0.1) is 6.61 Å². The fraction of sp³-hybridized carbons (Fsp3) is 0.571. The van der Waals surface area contributed by atoms with Crippen molar-refractivity contribution in [1.29, 1.82) is 0 Å². The second kappa shape index (κ2) is 4.97. The Balaban J connectivity index is 2.33. The van der Waals surface area contributed by atoms with E-state index in [1.54, 1.807) is 0 Å². The number of hydrogen-bond donors (Lipinski definition) is 3. The van der Waals surface area contributed by atoms with Crippen LogP contribution in [-0.4, -0.2) is 40.6 Å². The van der Waals surface area contributed by atoms with Gasteiger partial charge >= 0.3 is 0 Å². The normalized spacial score (nSPS) is 20.8. The zero-order valence-corrected chi connectivity index (χ0v) is 8.10. The molecule has 1 atom stereocenters. The maximum absolute atomic E-state index is 11.1. The van der Waals surface area contributed by atoms with Crippen LogP contribution >= 0.6 is 11.8 Å². The minimum absolute atomic E-state index is 0.0394. The minimum Gasteiger partial charge on any atom is -0.395 e. The molecule has 0 aromatic carbocycles. The summed E-state index contributed by atoms with van der Waals surface area (Å²) in [5.41, 5.74) is 0. The molecule has 1 fully saturated rings. The van der Waals surface area contributed by atoms with Gasteiger partial charge in [0.1, 0.15) is 5.25 Å². The lowest BCUT2D eigenvalue weighted by Gasteiger charge is -2.05. The van der Waals surface area contributed by atoms with Crippen molar-refractivity contribution in [2.75, 3.05) is 13.2 Å². The molecule has 3 N–H and O–H groups in total. The first-order chi connectivity index (χ1) is 6.63. The summed E-state index contributed by atoms with van der Waals surface area (Å²) in [6, 6.07) is 0. The SMILES string of the molecule is O=C(CC1SC(=O)NC1=O)NCCO. The van der Waals surface area contributed by atoms with Crippen LogP contribution in [0.5, 0.6) is 0 Å². The molecule has 1 unspecified atom stereocenters. The first-order valence-corrected chi connectivity index (χ1v) is 4.90. The van der Waals surface area contributed by atoms with Gasteiger partial charge < -0.3 is 10.4 Å². The molecule has 14 heavy (non-hydrogen) atoms. The Morgan fingerprint density at radius 3 is 2.79 bits per heavy atom. The average Bonchev–Trinajstić information content (AvgIpc) is 2.42. The molecule has 6 nitrogen and oxygen atoms in total. The van der Waals surface area contributed by atoms with Crippen LogP contribution in [-0.2, 0) is 9.59 Å². The molecule has 0 aliphatic carbocycles. The fourth-order valence-electron chi connectivity index (χ4n) is 0.964. The van der Waals surface area contributed by atoms with Crippen LogP contribution < -0.4 is 10.6 Å². The number of carbonyl (C=O) groups is 3. The smallest absolute Gasteiger partial charge is 0.286 e. The lowest BCUT2D eigenvalue weighted by molar-refractivity contribution is -0.125. The van der Waals surface area contributed by atoms with Gasteiger partial charge in [-0.25, -0.2) is 0 Å². The summed E-state index contributed by atoms with van der Waals surface area (Å²) in [5.74, 6) is -0.777. The first-order valence-electron chi connectivity index (χ1n) is 4.02. The Hall–Kier alpha value is -1.08. The Kier molecular flexibility index (Phi) is 3.90. The van der Waals surface area contributed by atoms with Gasteiger partial charge in [0, 0.05) is 13.0 Å². The van der Waals surface area contributed by atoms with Crippen molar-refractivity contribution in [1.82, 2.24) is 10.6 Å². The van der Waals surface area contributed by atoms with E-state index in [2.05, 4.69) is 10.6 Å². The summed E-state index contributed by atoms with van der Waals surface area (Å²) in [6.07, 6.45) is -0.0394. The molecule has 78 valence electrons. The van der Waals surface area contributed by atoms with Crippen LogP contribution in [0.4, 0.5) is 4.79 Å². The van der Waals surface area contributed by atoms with Gasteiger partial charge in [0.15, 0.2) is 0 Å². The van der Waals surface area contributed by atoms with Gasteiger partial charge in [-0.2, -0.15) is 0 Å². The summed E-state index contributed by atoms with van der Waals surface area (Å²) < 4.78 is 0. The largest absolute Gasteiger partial charge is 0.395 e. The molecule has 7 heteroatoms. The minimum atomic E-state index is -0.638. The van der Waals surface area contributed by atoms with E-state index in [-0.39, 0.29) is 25.5 Å². The lowest BCUT2D eigenvalue weighted by Crippen LogP contribution is -2.32. The molecule has 0 bridgehead atoms. The van der Waals surface area contributed by atoms with Crippen LogP contribution in [0.3, 0.4) is 0 Å². The van der Waals surface area contributed by atoms with Gasteiger partial charge in [-0.05, 0) is 0 Å². The van der Waals surface area contributed by atoms with Crippen LogP contribution in [0.2, 0.25) is 0 Å². The molecular weight excluding hydrogens is 208 g/mol. The maximum Gasteiger partial charge on any atom is 0.286 e. The van der Waals surface area contributed by atoms with Crippen molar-refractivity contribution < 1.29 is 19.5 Å². The third-order valence-corrected chi connectivity index (χ3v) is 2.55. The molecule has 0 aromatic rings. The van der Waals surface area contributed by atoms with E-state index in [9.17, 15) is 14.4 Å². The van der Waals surface area contributed by atoms with Crippen LogP contribution in [0.1, 0.15) is 6.42 Å². The summed E-state index contributed by atoms with van der Waals surface area (Å²) in [5, 5.41) is 11.8. The van der Waals surface area contributed by atoms with Crippen LogP contribution in [0, 0.1) is 0 Å². The van der Waals surface area contributed by atoms with E-state index >= 15 is 0 Å².